The van der Waals surface area contributed by atoms with E-state index in [1.54, 1.807) is 4.68 Å². The molecule has 1 heterocycles. The SMILES string of the molecule is OC1(Cn2nc(Br)nc2Br)CCC1. The van der Waals surface area contributed by atoms with Gasteiger partial charge in [0.05, 0.1) is 12.1 Å². The summed E-state index contributed by atoms with van der Waals surface area (Å²) in [6.07, 6.45) is 2.82. The van der Waals surface area contributed by atoms with Crippen LogP contribution >= 0.6 is 31.9 Å². The van der Waals surface area contributed by atoms with Gasteiger partial charge >= 0.3 is 0 Å². The second-order valence-corrected chi connectivity index (χ2v) is 4.80. The van der Waals surface area contributed by atoms with Crippen LogP contribution in [-0.4, -0.2) is 25.5 Å². The highest BCUT2D eigenvalue weighted by atomic mass is 79.9. The largest absolute Gasteiger partial charge is 0.388 e. The number of hydrogen-bond donors (Lipinski definition) is 1. The molecule has 1 saturated carbocycles. The van der Waals surface area contributed by atoms with Gasteiger partial charge in [-0.25, -0.2) is 4.68 Å². The van der Waals surface area contributed by atoms with Crippen LogP contribution < -0.4 is 0 Å². The Labute approximate surface area is 92.6 Å². The number of aromatic nitrogens is 3. The lowest BCUT2D eigenvalue weighted by atomic mass is 9.80. The maximum absolute atomic E-state index is 9.87. The van der Waals surface area contributed by atoms with Crippen molar-refractivity contribution in [2.75, 3.05) is 0 Å². The summed E-state index contributed by atoms with van der Waals surface area (Å²) in [5.41, 5.74) is -0.560. The van der Waals surface area contributed by atoms with Crippen LogP contribution in [0.4, 0.5) is 0 Å². The van der Waals surface area contributed by atoms with Gasteiger partial charge < -0.3 is 5.11 Å². The average Bonchev–Trinajstić information content (AvgIpc) is 2.27. The molecular weight excluding hydrogens is 302 g/mol. The molecule has 0 saturated heterocycles. The second-order valence-electron chi connectivity index (χ2n) is 3.39. The van der Waals surface area contributed by atoms with Gasteiger partial charge in [0, 0.05) is 0 Å². The van der Waals surface area contributed by atoms with Crippen molar-refractivity contribution in [1.29, 1.82) is 0 Å². The molecule has 0 aliphatic heterocycles. The summed E-state index contributed by atoms with van der Waals surface area (Å²) in [4.78, 5) is 4.03. The third-order valence-electron chi connectivity index (χ3n) is 2.33. The normalized spacial score (nSPS) is 19.9. The van der Waals surface area contributed by atoms with Crippen molar-refractivity contribution in [2.45, 2.75) is 31.4 Å². The first-order valence-corrected chi connectivity index (χ1v) is 5.66. The second kappa shape index (κ2) is 3.33. The molecule has 1 aromatic heterocycles. The van der Waals surface area contributed by atoms with Crippen molar-refractivity contribution in [3.05, 3.63) is 9.47 Å². The number of nitrogens with zero attached hydrogens (tertiary/aromatic N) is 3. The molecule has 13 heavy (non-hydrogen) atoms. The van der Waals surface area contributed by atoms with Gasteiger partial charge in [-0.2, -0.15) is 4.98 Å². The minimum atomic E-state index is -0.560. The van der Waals surface area contributed by atoms with E-state index in [2.05, 4.69) is 41.9 Å². The van der Waals surface area contributed by atoms with Gasteiger partial charge in [-0.05, 0) is 51.1 Å². The van der Waals surface area contributed by atoms with E-state index >= 15 is 0 Å². The summed E-state index contributed by atoms with van der Waals surface area (Å²) in [7, 11) is 0. The lowest BCUT2D eigenvalue weighted by Gasteiger charge is -2.36. The monoisotopic (exact) mass is 309 g/mol. The summed E-state index contributed by atoms with van der Waals surface area (Å²) in [5, 5.41) is 14.0. The molecule has 1 N–H and O–H groups in total. The first-order chi connectivity index (χ1) is 6.09. The fourth-order valence-electron chi connectivity index (χ4n) is 1.42. The molecule has 0 bridgehead atoms. The molecule has 2 rings (SSSR count). The number of aliphatic hydroxyl groups is 1. The van der Waals surface area contributed by atoms with E-state index in [0.717, 1.165) is 19.3 Å². The van der Waals surface area contributed by atoms with Crippen molar-refractivity contribution in [2.24, 2.45) is 0 Å². The van der Waals surface area contributed by atoms with Crippen LogP contribution in [0.25, 0.3) is 0 Å². The van der Waals surface area contributed by atoms with Gasteiger partial charge in [-0.15, -0.1) is 5.10 Å². The van der Waals surface area contributed by atoms with Gasteiger partial charge in [0.1, 0.15) is 0 Å². The maximum atomic E-state index is 9.87. The average molecular weight is 311 g/mol. The van der Waals surface area contributed by atoms with Crippen molar-refractivity contribution < 1.29 is 5.11 Å². The molecule has 0 radical (unpaired) electrons. The molecule has 0 unspecified atom stereocenters. The molecule has 1 aliphatic rings. The van der Waals surface area contributed by atoms with E-state index in [1.807, 2.05) is 0 Å². The smallest absolute Gasteiger partial charge is 0.218 e. The molecule has 0 atom stereocenters. The van der Waals surface area contributed by atoms with E-state index in [4.69, 9.17) is 0 Å². The predicted octanol–water partition coefficient (Wildman–Crippen LogP) is 1.72. The zero-order valence-corrected chi connectivity index (χ0v) is 10.0. The Morgan fingerprint density at radius 3 is 2.54 bits per heavy atom. The minimum absolute atomic E-state index is 0.520. The predicted molar refractivity (Wildman–Crippen MR) is 54.2 cm³/mol. The zero-order chi connectivity index (χ0) is 9.47. The Morgan fingerprint density at radius 2 is 2.15 bits per heavy atom. The van der Waals surface area contributed by atoms with Gasteiger partial charge in [-0.1, -0.05) is 0 Å². The molecule has 6 heteroatoms. The molecule has 1 fully saturated rings. The minimum Gasteiger partial charge on any atom is -0.388 e. The Hall–Kier alpha value is 0.0600. The lowest BCUT2D eigenvalue weighted by molar-refractivity contribution is -0.0504. The number of hydrogen-bond acceptors (Lipinski definition) is 3. The molecule has 1 aliphatic carbocycles. The van der Waals surface area contributed by atoms with E-state index in [9.17, 15) is 5.11 Å². The van der Waals surface area contributed by atoms with E-state index in [-0.39, 0.29) is 0 Å². The van der Waals surface area contributed by atoms with Crippen LogP contribution in [0.1, 0.15) is 19.3 Å². The maximum Gasteiger partial charge on any atom is 0.218 e. The van der Waals surface area contributed by atoms with Crippen LogP contribution in [0.2, 0.25) is 0 Å². The third kappa shape index (κ3) is 1.94. The van der Waals surface area contributed by atoms with Crippen LogP contribution in [0, 0.1) is 0 Å². The van der Waals surface area contributed by atoms with Gasteiger partial charge in [0.25, 0.3) is 0 Å². The molecule has 0 spiro atoms. The van der Waals surface area contributed by atoms with Crippen LogP contribution in [0.3, 0.4) is 0 Å². The Morgan fingerprint density at radius 1 is 1.46 bits per heavy atom. The number of halogens is 2. The summed E-state index contributed by atoms with van der Waals surface area (Å²) in [6, 6.07) is 0. The van der Waals surface area contributed by atoms with Crippen molar-refractivity contribution >= 4 is 31.9 Å². The summed E-state index contributed by atoms with van der Waals surface area (Å²) in [5.74, 6) is 0. The summed E-state index contributed by atoms with van der Waals surface area (Å²) in [6.45, 7) is 0.520. The highest BCUT2D eigenvalue weighted by Crippen LogP contribution is 2.33. The Kier molecular flexibility index (Phi) is 2.46. The quantitative estimate of drug-likeness (QED) is 0.905. The van der Waals surface area contributed by atoms with Crippen LogP contribution in [-0.2, 0) is 6.54 Å². The van der Waals surface area contributed by atoms with E-state index in [1.165, 1.54) is 0 Å². The van der Waals surface area contributed by atoms with Gasteiger partial charge in [-0.3, -0.25) is 0 Å². The first-order valence-electron chi connectivity index (χ1n) is 4.07. The molecule has 1 aromatic rings. The van der Waals surface area contributed by atoms with Gasteiger partial charge in [0.2, 0.25) is 4.73 Å². The molecule has 4 nitrogen and oxygen atoms in total. The highest BCUT2D eigenvalue weighted by molar-refractivity contribution is 9.11. The van der Waals surface area contributed by atoms with Crippen LogP contribution in [0.5, 0.6) is 0 Å². The molecule has 0 amide bonds. The number of rotatable bonds is 2. The van der Waals surface area contributed by atoms with Crippen LogP contribution in [0.15, 0.2) is 9.47 Å². The molecular formula is C7H9Br2N3O. The molecule has 0 aromatic carbocycles. The van der Waals surface area contributed by atoms with Crippen molar-refractivity contribution in [3.63, 3.8) is 0 Å². The van der Waals surface area contributed by atoms with Crippen molar-refractivity contribution in [1.82, 2.24) is 14.8 Å². The fourth-order valence-corrected chi connectivity index (χ4v) is 2.39. The summed E-state index contributed by atoms with van der Waals surface area (Å²) < 4.78 is 2.87. The van der Waals surface area contributed by atoms with E-state index < -0.39 is 5.60 Å². The fraction of sp³-hybridized carbons (Fsp3) is 0.714. The highest BCUT2D eigenvalue weighted by Gasteiger charge is 2.35. The molecule has 72 valence electrons. The lowest BCUT2D eigenvalue weighted by Crippen LogP contribution is -2.41. The summed E-state index contributed by atoms with van der Waals surface area (Å²) >= 11 is 6.45. The topological polar surface area (TPSA) is 50.9 Å². The third-order valence-corrected chi connectivity index (χ3v) is 3.25. The standard InChI is InChI=1S/C7H9Br2N3O/c8-5-10-6(9)12(11-5)4-7(13)2-1-3-7/h13H,1-4H2. The Balaban J connectivity index is 2.12. The first kappa shape index (κ1) is 9.61. The van der Waals surface area contributed by atoms with E-state index in [0.29, 0.717) is 16.0 Å². The Bertz CT molecular complexity index is 322. The van der Waals surface area contributed by atoms with Crippen molar-refractivity contribution in [3.8, 4) is 0 Å². The van der Waals surface area contributed by atoms with Gasteiger partial charge in [0.15, 0.2) is 4.73 Å². The zero-order valence-electron chi connectivity index (χ0n) is 6.87.